The van der Waals surface area contributed by atoms with Gasteiger partial charge in [-0.1, -0.05) is 0 Å². The second-order valence-electron chi connectivity index (χ2n) is 8.13. The van der Waals surface area contributed by atoms with Gasteiger partial charge in [0.1, 0.15) is 23.4 Å². The highest BCUT2D eigenvalue weighted by Gasteiger charge is 2.37. The number of ether oxygens (including phenoxy) is 6. The molecule has 196 valence electrons. The molecule has 0 aliphatic carbocycles. The van der Waals surface area contributed by atoms with Crippen LogP contribution >= 0.6 is 0 Å². The highest BCUT2D eigenvalue weighted by molar-refractivity contribution is 5.91. The van der Waals surface area contributed by atoms with Crippen LogP contribution in [0.4, 0.5) is 0 Å². The number of rotatable bonds is 7. The Balaban J connectivity index is 1.75. The molecule has 0 saturated carbocycles. The summed E-state index contributed by atoms with van der Waals surface area (Å²) < 4.78 is 32.4. The molecular formula is C26H26O11. The van der Waals surface area contributed by atoms with Crippen LogP contribution in [0.25, 0.3) is 0 Å². The minimum absolute atomic E-state index is 0.0222. The third kappa shape index (κ3) is 4.75. The molecular weight excluding hydrogens is 488 g/mol. The average molecular weight is 514 g/mol. The van der Waals surface area contributed by atoms with Crippen LogP contribution in [0.2, 0.25) is 0 Å². The van der Waals surface area contributed by atoms with Crippen molar-refractivity contribution in [3.63, 3.8) is 0 Å². The van der Waals surface area contributed by atoms with Crippen LogP contribution in [-0.4, -0.2) is 60.9 Å². The van der Waals surface area contributed by atoms with Crippen molar-refractivity contribution in [2.45, 2.75) is 18.6 Å². The van der Waals surface area contributed by atoms with Crippen LogP contribution in [0.3, 0.4) is 0 Å². The number of esters is 1. The molecule has 1 aliphatic rings. The number of hydrogen-bond donors (Lipinski definition) is 4. The maximum Gasteiger partial charge on any atom is 0.338 e. The molecule has 0 unspecified atom stereocenters. The van der Waals surface area contributed by atoms with Crippen LogP contribution in [0.15, 0.2) is 36.4 Å². The molecule has 3 aromatic rings. The summed E-state index contributed by atoms with van der Waals surface area (Å²) in [5.74, 6) is -1.34. The number of aromatic hydroxyl groups is 4. The predicted molar refractivity (Wildman–Crippen MR) is 128 cm³/mol. The number of phenols is 4. The Bertz CT molecular complexity index is 1310. The van der Waals surface area contributed by atoms with E-state index in [1.165, 1.54) is 58.8 Å². The van der Waals surface area contributed by atoms with Crippen molar-refractivity contribution >= 4 is 5.97 Å². The summed E-state index contributed by atoms with van der Waals surface area (Å²) in [7, 11) is 5.43. The second-order valence-corrected chi connectivity index (χ2v) is 8.13. The smallest absolute Gasteiger partial charge is 0.338 e. The van der Waals surface area contributed by atoms with Crippen LogP contribution in [0.1, 0.15) is 27.6 Å². The Hall–Kier alpha value is -4.67. The van der Waals surface area contributed by atoms with E-state index in [9.17, 15) is 25.2 Å². The van der Waals surface area contributed by atoms with E-state index >= 15 is 0 Å². The number of carbonyl (C=O) groups is 1. The summed E-state index contributed by atoms with van der Waals surface area (Å²) in [5, 5.41) is 41.5. The van der Waals surface area contributed by atoms with Gasteiger partial charge in [-0.3, -0.25) is 0 Å². The van der Waals surface area contributed by atoms with Gasteiger partial charge in [0.2, 0.25) is 11.5 Å². The number of hydrogen-bond acceptors (Lipinski definition) is 11. The van der Waals surface area contributed by atoms with Crippen LogP contribution < -0.4 is 23.7 Å². The van der Waals surface area contributed by atoms with E-state index in [0.717, 1.165) is 0 Å². The molecule has 0 bridgehead atoms. The van der Waals surface area contributed by atoms with E-state index in [0.29, 0.717) is 11.3 Å². The number of carbonyl (C=O) groups excluding carboxylic acids is 1. The monoisotopic (exact) mass is 514 g/mol. The Morgan fingerprint density at radius 1 is 0.784 bits per heavy atom. The summed E-state index contributed by atoms with van der Waals surface area (Å²) in [6.07, 6.45) is -2.02. The van der Waals surface area contributed by atoms with Gasteiger partial charge in [-0.15, -0.1) is 0 Å². The molecule has 11 heteroatoms. The van der Waals surface area contributed by atoms with Gasteiger partial charge in [0.05, 0.1) is 34.0 Å². The van der Waals surface area contributed by atoms with Gasteiger partial charge >= 0.3 is 5.97 Å². The maximum atomic E-state index is 13.2. The molecule has 11 nitrogen and oxygen atoms in total. The van der Waals surface area contributed by atoms with Crippen molar-refractivity contribution < 1.29 is 53.6 Å². The summed E-state index contributed by atoms with van der Waals surface area (Å²) in [6.45, 7) is 0. The predicted octanol–water partition coefficient (Wildman–Crippen LogP) is 3.45. The Kier molecular flexibility index (Phi) is 6.96. The Labute approximate surface area is 211 Å². The molecule has 3 aromatic carbocycles. The van der Waals surface area contributed by atoms with Gasteiger partial charge in [0, 0.05) is 29.7 Å². The molecule has 0 fully saturated rings. The Morgan fingerprint density at radius 3 is 2.03 bits per heavy atom. The molecule has 0 aromatic heterocycles. The fourth-order valence-electron chi connectivity index (χ4n) is 4.20. The fourth-order valence-corrected chi connectivity index (χ4v) is 4.20. The van der Waals surface area contributed by atoms with Gasteiger partial charge < -0.3 is 48.8 Å². The zero-order chi connectivity index (χ0) is 26.9. The number of benzene rings is 3. The zero-order valence-electron chi connectivity index (χ0n) is 20.5. The third-order valence-corrected chi connectivity index (χ3v) is 5.95. The molecule has 37 heavy (non-hydrogen) atoms. The third-order valence-electron chi connectivity index (χ3n) is 5.95. The first-order chi connectivity index (χ1) is 17.7. The largest absolute Gasteiger partial charge is 0.507 e. The number of methoxy groups -OCH3 is 4. The molecule has 1 aliphatic heterocycles. The van der Waals surface area contributed by atoms with E-state index in [2.05, 4.69) is 0 Å². The quantitative estimate of drug-likeness (QED) is 0.343. The highest BCUT2D eigenvalue weighted by atomic mass is 16.6. The minimum atomic E-state index is -1.03. The second kappa shape index (κ2) is 10.1. The van der Waals surface area contributed by atoms with E-state index in [-0.39, 0.29) is 63.5 Å². The van der Waals surface area contributed by atoms with Gasteiger partial charge in [0.15, 0.2) is 29.1 Å². The van der Waals surface area contributed by atoms with Gasteiger partial charge in [0.25, 0.3) is 0 Å². The lowest BCUT2D eigenvalue weighted by Crippen LogP contribution is -2.34. The summed E-state index contributed by atoms with van der Waals surface area (Å²) in [4.78, 5) is 13.2. The number of phenolic OH excluding ortho intramolecular Hbond substituents is 4. The fraction of sp³-hybridized carbons (Fsp3) is 0.269. The lowest BCUT2D eigenvalue weighted by molar-refractivity contribution is -0.0189. The van der Waals surface area contributed by atoms with Crippen LogP contribution in [0.5, 0.6) is 51.7 Å². The first-order valence-corrected chi connectivity index (χ1v) is 11.0. The molecule has 0 amide bonds. The molecule has 0 spiro atoms. The average Bonchev–Trinajstić information content (AvgIpc) is 2.87. The van der Waals surface area contributed by atoms with E-state index < -0.39 is 18.2 Å². The van der Waals surface area contributed by atoms with Crippen molar-refractivity contribution in [3.05, 3.63) is 53.1 Å². The summed E-state index contributed by atoms with van der Waals surface area (Å²) in [5.41, 5.74) is 0.614. The first-order valence-electron chi connectivity index (χ1n) is 11.0. The normalized spacial score (nSPS) is 16.2. The standard InChI is InChI=1S/C26H26O11/c1-32-14-9-16(27)15-11-22(37-26(31)13-7-19(30)25(35-4)21(8-13)33-2)23(36-20(15)10-14)12-5-17(28)24(34-3)18(29)6-12/h5-10,22-23,27-30H,11H2,1-4H3/t22-,23-/m1/s1. The first kappa shape index (κ1) is 25.4. The van der Waals surface area contributed by atoms with Crippen molar-refractivity contribution in [2.24, 2.45) is 0 Å². The molecule has 1 heterocycles. The Morgan fingerprint density at radius 2 is 1.43 bits per heavy atom. The van der Waals surface area contributed by atoms with Crippen LogP contribution in [-0.2, 0) is 11.2 Å². The van der Waals surface area contributed by atoms with Crippen molar-refractivity contribution in [1.82, 2.24) is 0 Å². The van der Waals surface area contributed by atoms with Crippen molar-refractivity contribution in [2.75, 3.05) is 28.4 Å². The summed E-state index contributed by atoms with van der Waals surface area (Å²) in [6, 6.07) is 8.12. The van der Waals surface area contributed by atoms with Gasteiger partial charge in [-0.25, -0.2) is 4.79 Å². The van der Waals surface area contributed by atoms with Crippen molar-refractivity contribution in [3.8, 4) is 51.7 Å². The summed E-state index contributed by atoms with van der Waals surface area (Å²) >= 11 is 0. The SMILES string of the molecule is COc1cc(O)c2c(c1)O[C@H](c1cc(O)c(OC)c(O)c1)[C@H](OC(=O)c1cc(O)c(OC)c(OC)c1)C2. The lowest BCUT2D eigenvalue weighted by atomic mass is 9.93. The molecule has 4 rings (SSSR count). The van der Waals surface area contributed by atoms with Crippen LogP contribution in [0, 0.1) is 0 Å². The molecule has 2 atom stereocenters. The topological polar surface area (TPSA) is 153 Å². The molecule has 4 N–H and O–H groups in total. The maximum absolute atomic E-state index is 13.2. The van der Waals surface area contributed by atoms with Gasteiger partial charge in [-0.2, -0.15) is 0 Å². The van der Waals surface area contributed by atoms with Gasteiger partial charge in [-0.05, 0) is 24.3 Å². The van der Waals surface area contributed by atoms with E-state index in [1.807, 2.05) is 0 Å². The molecule has 0 saturated heterocycles. The van der Waals surface area contributed by atoms with E-state index in [1.54, 1.807) is 6.07 Å². The number of fused-ring (bicyclic) bond motifs is 1. The molecule has 0 radical (unpaired) electrons. The van der Waals surface area contributed by atoms with E-state index in [4.69, 9.17) is 28.4 Å². The minimum Gasteiger partial charge on any atom is -0.507 e. The highest BCUT2D eigenvalue weighted by Crippen LogP contribution is 2.46. The van der Waals surface area contributed by atoms with Crippen molar-refractivity contribution in [1.29, 1.82) is 0 Å². The lowest BCUT2D eigenvalue weighted by Gasteiger charge is -2.34. The zero-order valence-corrected chi connectivity index (χ0v) is 20.5.